The summed E-state index contributed by atoms with van der Waals surface area (Å²) >= 11 is 0. The number of carbonyl (C=O) groups is 2. The van der Waals surface area contributed by atoms with E-state index < -0.39 is 39.9 Å². The molecule has 7 nitrogen and oxygen atoms in total. The molecule has 0 fully saturated rings. The number of benzene rings is 1. The molecule has 0 aliphatic carbocycles. The first-order valence-corrected chi connectivity index (χ1v) is 4.53. The predicted octanol–water partition coefficient (Wildman–Crippen LogP) is 1.79. The van der Waals surface area contributed by atoms with Gasteiger partial charge < -0.3 is 10.4 Å². The summed E-state index contributed by atoms with van der Waals surface area (Å²) in [6.07, 6.45) is -5.15. The Hall–Kier alpha value is -2.65. The van der Waals surface area contributed by atoms with Crippen LogP contribution < -0.4 is 5.32 Å². The van der Waals surface area contributed by atoms with Crippen molar-refractivity contribution in [2.75, 3.05) is 5.32 Å². The lowest BCUT2D eigenvalue weighted by Crippen LogP contribution is -2.29. The summed E-state index contributed by atoms with van der Waals surface area (Å²) in [5.74, 6) is -3.93. The molecule has 0 spiro atoms. The summed E-state index contributed by atoms with van der Waals surface area (Å²) in [7, 11) is 0. The van der Waals surface area contributed by atoms with Crippen molar-refractivity contribution in [1.29, 1.82) is 0 Å². The first-order valence-electron chi connectivity index (χ1n) is 4.53. The van der Waals surface area contributed by atoms with Crippen LogP contribution >= 0.6 is 0 Å². The molecule has 1 amide bonds. The van der Waals surface area contributed by atoms with E-state index in [9.17, 15) is 32.9 Å². The van der Waals surface area contributed by atoms with E-state index in [1.54, 1.807) is 0 Å². The molecule has 0 unspecified atom stereocenters. The number of nitro benzene ring substituents is 1. The monoisotopic (exact) mass is 278 g/mol. The number of hydrogen-bond acceptors (Lipinski definition) is 4. The van der Waals surface area contributed by atoms with Crippen LogP contribution in [0.3, 0.4) is 0 Å². The number of aromatic carboxylic acids is 1. The van der Waals surface area contributed by atoms with Gasteiger partial charge in [-0.25, -0.2) is 4.79 Å². The van der Waals surface area contributed by atoms with Crippen molar-refractivity contribution < 1.29 is 32.8 Å². The number of carboxylic acids is 1. The van der Waals surface area contributed by atoms with E-state index in [1.807, 2.05) is 0 Å². The molecular formula is C9H5F3N2O5. The average Bonchev–Trinajstić information content (AvgIpc) is 2.27. The number of nitrogens with zero attached hydrogens (tertiary/aromatic N) is 1. The lowest BCUT2D eigenvalue weighted by atomic mass is 10.1. The van der Waals surface area contributed by atoms with Crippen LogP contribution in [0.15, 0.2) is 18.2 Å². The molecule has 0 heterocycles. The van der Waals surface area contributed by atoms with Gasteiger partial charge in [0, 0.05) is 11.8 Å². The number of nitrogens with one attached hydrogen (secondary N) is 1. The molecule has 1 aromatic rings. The Bertz CT molecular complexity index is 555. The zero-order valence-corrected chi connectivity index (χ0v) is 8.89. The molecule has 0 radical (unpaired) electrons. The zero-order chi connectivity index (χ0) is 14.8. The van der Waals surface area contributed by atoms with E-state index >= 15 is 0 Å². The largest absolute Gasteiger partial charge is 0.477 e. The number of hydrogen-bond donors (Lipinski definition) is 2. The normalized spacial score (nSPS) is 10.9. The molecular weight excluding hydrogens is 273 g/mol. The lowest BCUT2D eigenvalue weighted by molar-refractivity contribution is -0.385. The Kier molecular flexibility index (Phi) is 3.73. The number of carboxylic acid groups (broad SMARTS) is 1. The molecule has 1 rings (SSSR count). The van der Waals surface area contributed by atoms with Crippen molar-refractivity contribution in [2.24, 2.45) is 0 Å². The highest BCUT2D eigenvalue weighted by Gasteiger charge is 2.39. The van der Waals surface area contributed by atoms with Crippen LogP contribution in [-0.2, 0) is 4.79 Å². The van der Waals surface area contributed by atoms with Crippen LogP contribution in [0.25, 0.3) is 0 Å². The summed E-state index contributed by atoms with van der Waals surface area (Å²) in [5.41, 5.74) is -2.15. The van der Waals surface area contributed by atoms with E-state index in [0.29, 0.717) is 6.07 Å². The molecule has 102 valence electrons. The van der Waals surface area contributed by atoms with Crippen LogP contribution in [0.4, 0.5) is 24.5 Å². The number of amides is 1. The maximum absolute atomic E-state index is 12.0. The number of nitro groups is 1. The van der Waals surface area contributed by atoms with Crippen LogP contribution in [0.5, 0.6) is 0 Å². The van der Waals surface area contributed by atoms with Crippen molar-refractivity contribution in [2.45, 2.75) is 6.18 Å². The quantitative estimate of drug-likeness (QED) is 0.647. The number of rotatable bonds is 3. The number of halogens is 3. The van der Waals surface area contributed by atoms with Crippen LogP contribution in [0.2, 0.25) is 0 Å². The van der Waals surface area contributed by atoms with Gasteiger partial charge in [0.05, 0.1) is 4.92 Å². The Labute approximate surface area is 102 Å². The molecule has 0 aliphatic heterocycles. The van der Waals surface area contributed by atoms with E-state index in [-0.39, 0.29) is 0 Å². The molecule has 1 aromatic carbocycles. The smallest absolute Gasteiger partial charge is 0.471 e. The third-order valence-electron chi connectivity index (χ3n) is 1.94. The standard InChI is InChI=1S/C9H5F3N2O5/c10-9(11,12)8(17)13-4-1-2-5(7(15)16)6(3-4)14(18)19/h1-3H,(H,13,17)(H,15,16). The summed E-state index contributed by atoms with van der Waals surface area (Å²) in [6.45, 7) is 0. The van der Waals surface area contributed by atoms with Gasteiger partial charge in [-0.1, -0.05) is 0 Å². The van der Waals surface area contributed by atoms with Gasteiger partial charge in [-0.05, 0) is 12.1 Å². The Morgan fingerprint density at radius 2 is 1.89 bits per heavy atom. The highest BCUT2D eigenvalue weighted by Crippen LogP contribution is 2.25. The summed E-state index contributed by atoms with van der Waals surface area (Å²) < 4.78 is 35.9. The third kappa shape index (κ3) is 3.40. The summed E-state index contributed by atoms with van der Waals surface area (Å²) in [5, 5.41) is 20.6. The molecule has 0 saturated carbocycles. The second-order valence-corrected chi connectivity index (χ2v) is 3.25. The van der Waals surface area contributed by atoms with Gasteiger partial charge in [0.25, 0.3) is 5.69 Å². The molecule has 0 atom stereocenters. The van der Waals surface area contributed by atoms with E-state index in [1.165, 1.54) is 5.32 Å². The van der Waals surface area contributed by atoms with Crippen molar-refractivity contribution in [3.63, 3.8) is 0 Å². The van der Waals surface area contributed by atoms with Crippen LogP contribution in [0.1, 0.15) is 10.4 Å². The van der Waals surface area contributed by atoms with Gasteiger partial charge in [-0.15, -0.1) is 0 Å². The first-order chi connectivity index (χ1) is 8.62. The third-order valence-corrected chi connectivity index (χ3v) is 1.94. The highest BCUT2D eigenvalue weighted by atomic mass is 19.4. The van der Waals surface area contributed by atoms with Crippen molar-refractivity contribution in [3.8, 4) is 0 Å². The predicted molar refractivity (Wildman–Crippen MR) is 54.7 cm³/mol. The second kappa shape index (κ2) is 4.92. The van der Waals surface area contributed by atoms with Gasteiger partial charge >= 0.3 is 18.1 Å². The second-order valence-electron chi connectivity index (χ2n) is 3.25. The molecule has 10 heteroatoms. The fourth-order valence-corrected chi connectivity index (χ4v) is 1.14. The number of alkyl halides is 3. The van der Waals surface area contributed by atoms with Gasteiger partial charge in [0.15, 0.2) is 0 Å². The fraction of sp³-hybridized carbons (Fsp3) is 0.111. The van der Waals surface area contributed by atoms with Gasteiger partial charge in [0.2, 0.25) is 0 Å². The van der Waals surface area contributed by atoms with Crippen LogP contribution in [-0.4, -0.2) is 28.1 Å². The van der Waals surface area contributed by atoms with Crippen LogP contribution in [0, 0.1) is 10.1 Å². The minimum absolute atomic E-state index is 0.529. The Morgan fingerprint density at radius 3 is 2.32 bits per heavy atom. The molecule has 2 N–H and O–H groups in total. The zero-order valence-electron chi connectivity index (χ0n) is 8.89. The maximum Gasteiger partial charge on any atom is 0.471 e. The molecule has 0 saturated heterocycles. The SMILES string of the molecule is O=C(O)c1ccc(NC(=O)C(F)(F)F)cc1[N+](=O)[O-]. The van der Waals surface area contributed by atoms with Crippen molar-refractivity contribution in [1.82, 2.24) is 0 Å². The minimum atomic E-state index is -5.15. The molecule has 0 bridgehead atoms. The molecule has 0 aliphatic rings. The van der Waals surface area contributed by atoms with Crippen molar-refractivity contribution in [3.05, 3.63) is 33.9 Å². The van der Waals surface area contributed by atoms with Crippen molar-refractivity contribution >= 4 is 23.3 Å². The highest BCUT2D eigenvalue weighted by molar-refractivity contribution is 5.97. The molecule has 19 heavy (non-hydrogen) atoms. The fourth-order valence-electron chi connectivity index (χ4n) is 1.14. The first kappa shape index (κ1) is 14.4. The topological polar surface area (TPSA) is 110 Å². The lowest BCUT2D eigenvalue weighted by Gasteiger charge is -2.08. The average molecular weight is 278 g/mol. The van der Waals surface area contributed by atoms with E-state index in [4.69, 9.17) is 5.11 Å². The number of anilines is 1. The summed E-state index contributed by atoms with van der Waals surface area (Å²) in [4.78, 5) is 30.8. The van der Waals surface area contributed by atoms with E-state index in [2.05, 4.69) is 0 Å². The molecule has 0 aromatic heterocycles. The van der Waals surface area contributed by atoms with Gasteiger partial charge in [-0.3, -0.25) is 14.9 Å². The Balaban J connectivity index is 3.13. The maximum atomic E-state index is 12.0. The Morgan fingerprint density at radius 1 is 1.32 bits per heavy atom. The van der Waals surface area contributed by atoms with Gasteiger partial charge in [-0.2, -0.15) is 13.2 Å². The van der Waals surface area contributed by atoms with E-state index in [0.717, 1.165) is 12.1 Å². The van der Waals surface area contributed by atoms with Gasteiger partial charge in [0.1, 0.15) is 5.56 Å². The summed E-state index contributed by atoms with van der Waals surface area (Å²) in [6, 6.07) is 2.08. The minimum Gasteiger partial charge on any atom is -0.477 e. The number of carbonyl (C=O) groups excluding carboxylic acids is 1.